The number of hydrogen-bond donors (Lipinski definition) is 2. The number of nitrogens with zero attached hydrogens (tertiary/aromatic N) is 3. The maximum Gasteiger partial charge on any atom is 0.257 e. The predicted octanol–water partition coefficient (Wildman–Crippen LogP) is -0.0390. The second kappa shape index (κ2) is 4.73. The SMILES string of the molecule is O=C(c1cc(Cl)nnc1Cl)N1CC(O)C(O)C1. The van der Waals surface area contributed by atoms with Crippen LogP contribution >= 0.6 is 23.2 Å². The molecule has 0 bridgehead atoms. The Morgan fingerprint density at radius 1 is 1.29 bits per heavy atom. The van der Waals surface area contributed by atoms with E-state index in [1.165, 1.54) is 11.0 Å². The molecule has 1 aliphatic heterocycles. The summed E-state index contributed by atoms with van der Waals surface area (Å²) in [6.07, 6.45) is -1.88. The van der Waals surface area contributed by atoms with Crippen LogP contribution in [-0.2, 0) is 0 Å². The van der Waals surface area contributed by atoms with Crippen LogP contribution in [0.25, 0.3) is 0 Å². The van der Waals surface area contributed by atoms with Gasteiger partial charge >= 0.3 is 0 Å². The number of carbonyl (C=O) groups excluding carboxylic acids is 1. The molecule has 1 fully saturated rings. The van der Waals surface area contributed by atoms with Gasteiger partial charge in [0.15, 0.2) is 10.3 Å². The van der Waals surface area contributed by atoms with E-state index in [1.54, 1.807) is 0 Å². The van der Waals surface area contributed by atoms with Crippen molar-refractivity contribution < 1.29 is 15.0 Å². The molecule has 2 rings (SSSR count). The first-order chi connectivity index (χ1) is 7.99. The first-order valence-corrected chi connectivity index (χ1v) is 5.58. The molecule has 17 heavy (non-hydrogen) atoms. The number of aliphatic hydroxyl groups excluding tert-OH is 2. The topological polar surface area (TPSA) is 86.6 Å². The molecule has 0 aromatic carbocycles. The Bertz CT molecular complexity index is 447. The highest BCUT2D eigenvalue weighted by Crippen LogP contribution is 2.20. The third-order valence-electron chi connectivity index (χ3n) is 2.50. The lowest BCUT2D eigenvalue weighted by Crippen LogP contribution is -2.30. The molecule has 2 unspecified atom stereocenters. The van der Waals surface area contributed by atoms with E-state index in [0.717, 1.165) is 0 Å². The van der Waals surface area contributed by atoms with Gasteiger partial charge in [-0.15, -0.1) is 10.2 Å². The average Bonchev–Trinajstić information content (AvgIpc) is 2.62. The normalized spacial score (nSPS) is 24.1. The second-order valence-electron chi connectivity index (χ2n) is 3.72. The molecule has 0 aliphatic carbocycles. The van der Waals surface area contributed by atoms with Gasteiger partial charge in [0.1, 0.15) is 0 Å². The van der Waals surface area contributed by atoms with Crippen LogP contribution in [0.4, 0.5) is 0 Å². The van der Waals surface area contributed by atoms with Crippen molar-refractivity contribution in [3.63, 3.8) is 0 Å². The fourth-order valence-corrected chi connectivity index (χ4v) is 1.93. The minimum atomic E-state index is -0.942. The number of carbonyl (C=O) groups is 1. The zero-order valence-corrected chi connectivity index (χ0v) is 10.1. The molecule has 0 saturated carbocycles. The smallest absolute Gasteiger partial charge is 0.257 e. The van der Waals surface area contributed by atoms with Gasteiger partial charge < -0.3 is 15.1 Å². The molecular weight excluding hydrogens is 269 g/mol. The average molecular weight is 278 g/mol. The van der Waals surface area contributed by atoms with Gasteiger partial charge in [0.2, 0.25) is 0 Å². The van der Waals surface area contributed by atoms with Crippen LogP contribution in [0.15, 0.2) is 6.07 Å². The van der Waals surface area contributed by atoms with Crippen molar-refractivity contribution in [1.29, 1.82) is 0 Å². The highest BCUT2D eigenvalue weighted by molar-refractivity contribution is 6.34. The first kappa shape index (κ1) is 12.5. The van der Waals surface area contributed by atoms with Gasteiger partial charge in [-0.05, 0) is 6.07 Å². The summed E-state index contributed by atoms with van der Waals surface area (Å²) < 4.78 is 0. The molecule has 1 aromatic rings. The molecule has 0 radical (unpaired) electrons. The van der Waals surface area contributed by atoms with Crippen molar-refractivity contribution in [3.8, 4) is 0 Å². The second-order valence-corrected chi connectivity index (χ2v) is 4.46. The van der Waals surface area contributed by atoms with Crippen LogP contribution in [0, 0.1) is 0 Å². The molecule has 2 N–H and O–H groups in total. The molecule has 1 amide bonds. The van der Waals surface area contributed by atoms with Crippen LogP contribution in [0.5, 0.6) is 0 Å². The quantitative estimate of drug-likeness (QED) is 0.752. The van der Waals surface area contributed by atoms with Gasteiger partial charge in [-0.2, -0.15) is 0 Å². The van der Waals surface area contributed by atoms with Gasteiger partial charge in [-0.1, -0.05) is 23.2 Å². The summed E-state index contributed by atoms with van der Waals surface area (Å²) >= 11 is 11.4. The van der Waals surface area contributed by atoms with E-state index in [9.17, 15) is 15.0 Å². The third-order valence-corrected chi connectivity index (χ3v) is 2.96. The van der Waals surface area contributed by atoms with Gasteiger partial charge in [0, 0.05) is 13.1 Å². The maximum atomic E-state index is 12.0. The van der Waals surface area contributed by atoms with E-state index in [-0.39, 0.29) is 29.0 Å². The number of aromatic nitrogens is 2. The highest BCUT2D eigenvalue weighted by atomic mass is 35.5. The number of aliphatic hydroxyl groups is 2. The Hall–Kier alpha value is -0.950. The number of hydrogen-bond acceptors (Lipinski definition) is 5. The zero-order valence-electron chi connectivity index (χ0n) is 8.55. The molecule has 2 heterocycles. The monoisotopic (exact) mass is 277 g/mol. The molecule has 92 valence electrons. The molecule has 0 spiro atoms. The third kappa shape index (κ3) is 2.50. The van der Waals surface area contributed by atoms with Crippen molar-refractivity contribution in [2.24, 2.45) is 0 Å². The summed E-state index contributed by atoms with van der Waals surface area (Å²) in [6.45, 7) is 0.104. The van der Waals surface area contributed by atoms with Crippen LogP contribution < -0.4 is 0 Å². The lowest BCUT2D eigenvalue weighted by molar-refractivity contribution is 0.0572. The van der Waals surface area contributed by atoms with Gasteiger partial charge in [-0.25, -0.2) is 0 Å². The summed E-state index contributed by atoms with van der Waals surface area (Å²) in [5.41, 5.74) is 0.105. The van der Waals surface area contributed by atoms with Crippen molar-refractivity contribution >= 4 is 29.1 Å². The van der Waals surface area contributed by atoms with E-state index in [1.807, 2.05) is 0 Å². The molecule has 8 heteroatoms. The Morgan fingerprint density at radius 2 is 1.88 bits per heavy atom. The number of β-amino-alcohol motifs (C(OH)–C–C–N with tert-alkyl or cyclic N) is 2. The van der Waals surface area contributed by atoms with E-state index in [4.69, 9.17) is 23.2 Å². The van der Waals surface area contributed by atoms with Crippen molar-refractivity contribution in [3.05, 3.63) is 21.9 Å². The maximum absolute atomic E-state index is 12.0. The molecule has 1 aromatic heterocycles. The number of likely N-dealkylation sites (tertiary alicyclic amines) is 1. The van der Waals surface area contributed by atoms with Crippen LogP contribution in [0.2, 0.25) is 10.3 Å². The predicted molar refractivity (Wildman–Crippen MR) is 60.0 cm³/mol. The van der Waals surface area contributed by atoms with Crippen LogP contribution in [0.1, 0.15) is 10.4 Å². The lowest BCUT2D eigenvalue weighted by Gasteiger charge is -2.15. The minimum absolute atomic E-state index is 0.0519. The number of amides is 1. The van der Waals surface area contributed by atoms with Crippen molar-refractivity contribution in [1.82, 2.24) is 15.1 Å². The zero-order chi connectivity index (χ0) is 12.6. The van der Waals surface area contributed by atoms with Gasteiger partial charge in [0.05, 0.1) is 17.8 Å². The Balaban J connectivity index is 2.23. The fourth-order valence-electron chi connectivity index (χ4n) is 1.61. The fraction of sp³-hybridized carbons (Fsp3) is 0.444. The van der Waals surface area contributed by atoms with Crippen LogP contribution in [0.3, 0.4) is 0 Å². The molecule has 6 nitrogen and oxygen atoms in total. The first-order valence-electron chi connectivity index (χ1n) is 4.83. The summed E-state index contributed by atoms with van der Waals surface area (Å²) in [7, 11) is 0. The summed E-state index contributed by atoms with van der Waals surface area (Å²) in [5.74, 6) is -0.442. The minimum Gasteiger partial charge on any atom is -0.388 e. The summed E-state index contributed by atoms with van der Waals surface area (Å²) in [6, 6.07) is 1.30. The van der Waals surface area contributed by atoms with E-state index in [2.05, 4.69) is 10.2 Å². The van der Waals surface area contributed by atoms with Crippen LogP contribution in [-0.4, -0.2) is 56.5 Å². The Kier molecular flexibility index (Phi) is 3.48. The lowest BCUT2D eigenvalue weighted by atomic mass is 10.3. The molecule has 1 saturated heterocycles. The molecular formula is C9H9Cl2N3O3. The van der Waals surface area contributed by atoms with Crippen molar-refractivity contribution in [2.45, 2.75) is 12.2 Å². The number of halogens is 2. The van der Waals surface area contributed by atoms with E-state index >= 15 is 0 Å². The van der Waals surface area contributed by atoms with Crippen molar-refractivity contribution in [2.75, 3.05) is 13.1 Å². The Labute approximate surface area is 107 Å². The summed E-state index contributed by atoms with van der Waals surface area (Å²) in [4.78, 5) is 13.3. The standard InChI is InChI=1S/C9H9Cl2N3O3/c10-7-1-4(8(11)13-12-7)9(17)14-2-5(15)6(16)3-14/h1,5-6,15-16H,2-3H2. The Morgan fingerprint density at radius 3 is 2.47 bits per heavy atom. The van der Waals surface area contributed by atoms with E-state index in [0.29, 0.717) is 0 Å². The highest BCUT2D eigenvalue weighted by Gasteiger charge is 2.33. The van der Waals surface area contributed by atoms with Gasteiger partial charge in [-0.3, -0.25) is 4.79 Å². The van der Waals surface area contributed by atoms with Gasteiger partial charge in [0.25, 0.3) is 5.91 Å². The summed E-state index contributed by atoms with van der Waals surface area (Å²) in [5, 5.41) is 25.7. The van der Waals surface area contributed by atoms with E-state index < -0.39 is 18.1 Å². The molecule has 2 atom stereocenters. The number of rotatable bonds is 1. The largest absolute Gasteiger partial charge is 0.388 e. The molecule has 1 aliphatic rings.